The lowest BCUT2D eigenvalue weighted by Gasteiger charge is -2.29. The predicted octanol–water partition coefficient (Wildman–Crippen LogP) is 6.52. The number of aryl methyl sites for hydroxylation is 1. The zero-order valence-corrected chi connectivity index (χ0v) is 21.4. The van der Waals surface area contributed by atoms with Gasteiger partial charge in [0.25, 0.3) is 0 Å². The number of benzene rings is 2. The monoisotopic (exact) mass is 532 g/mol. The first-order valence-electron chi connectivity index (χ1n) is 11.2. The highest BCUT2D eigenvalue weighted by atomic mass is 79.9. The third-order valence-corrected chi connectivity index (χ3v) is 7.23. The van der Waals surface area contributed by atoms with Gasteiger partial charge in [0.2, 0.25) is 0 Å². The highest BCUT2D eigenvalue weighted by molar-refractivity contribution is 9.10. The Morgan fingerprint density at radius 2 is 1.82 bits per heavy atom. The Bertz CT molecular complexity index is 1310. The second-order valence-electron chi connectivity index (χ2n) is 8.16. The number of nitrogens with zero attached hydrogens (tertiary/aromatic N) is 3. The van der Waals surface area contributed by atoms with Crippen LogP contribution >= 0.6 is 28.1 Å². The Kier molecular flexibility index (Phi) is 6.39. The fourth-order valence-electron chi connectivity index (χ4n) is 4.45. The van der Waals surface area contributed by atoms with Crippen LogP contribution in [-0.4, -0.2) is 21.3 Å². The minimum absolute atomic E-state index is 0.0930. The number of nitrogens with one attached hydrogen (secondary N) is 1. The SMILES string of the molecule is CCOc1ccc(-n2cccc2[C@H]2[C@@H](c3ccccn3)NC(=S)N2c2ccc(Br)c(C)c2)cc1. The van der Waals surface area contributed by atoms with Gasteiger partial charge in [-0.1, -0.05) is 22.0 Å². The maximum absolute atomic E-state index is 5.88. The van der Waals surface area contributed by atoms with Crippen LogP contribution in [0.1, 0.15) is 36.0 Å². The van der Waals surface area contributed by atoms with Gasteiger partial charge in [0.05, 0.1) is 18.3 Å². The summed E-state index contributed by atoms with van der Waals surface area (Å²) in [6.45, 7) is 4.73. The zero-order chi connectivity index (χ0) is 23.7. The molecule has 34 heavy (non-hydrogen) atoms. The first-order valence-corrected chi connectivity index (χ1v) is 12.4. The number of rotatable bonds is 6. The van der Waals surface area contributed by atoms with Gasteiger partial charge in [0.15, 0.2) is 5.11 Å². The summed E-state index contributed by atoms with van der Waals surface area (Å²) in [5, 5.41) is 4.23. The number of hydrogen-bond acceptors (Lipinski definition) is 3. The van der Waals surface area contributed by atoms with Gasteiger partial charge in [-0.2, -0.15) is 0 Å². The summed E-state index contributed by atoms with van der Waals surface area (Å²) in [5.74, 6) is 0.863. The molecule has 2 aromatic heterocycles. The molecule has 4 aromatic rings. The van der Waals surface area contributed by atoms with Crippen LogP contribution in [-0.2, 0) is 0 Å². The molecule has 1 N–H and O–H groups in total. The first-order chi connectivity index (χ1) is 16.6. The summed E-state index contributed by atoms with van der Waals surface area (Å²) in [6.07, 6.45) is 3.92. The average Bonchev–Trinajstić information content (AvgIpc) is 3.46. The molecule has 1 saturated heterocycles. The Morgan fingerprint density at radius 1 is 1.03 bits per heavy atom. The highest BCUT2D eigenvalue weighted by Gasteiger charge is 2.42. The largest absolute Gasteiger partial charge is 0.494 e. The van der Waals surface area contributed by atoms with E-state index in [4.69, 9.17) is 17.0 Å². The van der Waals surface area contributed by atoms with Gasteiger partial charge in [-0.3, -0.25) is 4.98 Å². The molecule has 0 saturated carbocycles. The van der Waals surface area contributed by atoms with E-state index in [1.807, 2.05) is 43.5 Å². The Morgan fingerprint density at radius 3 is 2.53 bits per heavy atom. The number of thiocarbonyl (C=S) groups is 1. The van der Waals surface area contributed by atoms with Crippen molar-refractivity contribution in [3.63, 3.8) is 0 Å². The van der Waals surface area contributed by atoms with Crippen LogP contribution in [0.15, 0.2) is 89.7 Å². The summed E-state index contributed by atoms with van der Waals surface area (Å²) in [5.41, 5.74) is 5.33. The van der Waals surface area contributed by atoms with E-state index in [9.17, 15) is 0 Å². The lowest BCUT2D eigenvalue weighted by Crippen LogP contribution is -2.30. The molecule has 2 atom stereocenters. The van der Waals surface area contributed by atoms with Gasteiger partial charge in [-0.25, -0.2) is 0 Å². The summed E-state index contributed by atoms with van der Waals surface area (Å²) in [6, 6.07) is 24.6. The maximum atomic E-state index is 5.88. The van der Waals surface area contributed by atoms with E-state index in [-0.39, 0.29) is 12.1 Å². The molecule has 0 spiro atoms. The third-order valence-electron chi connectivity index (χ3n) is 6.03. The van der Waals surface area contributed by atoms with Crippen molar-refractivity contribution in [2.24, 2.45) is 0 Å². The summed E-state index contributed by atoms with van der Waals surface area (Å²) in [7, 11) is 0. The molecule has 5 nitrogen and oxygen atoms in total. The van der Waals surface area contributed by atoms with Crippen LogP contribution < -0.4 is 15.0 Å². The van der Waals surface area contributed by atoms with Crippen LogP contribution in [0.25, 0.3) is 5.69 Å². The topological polar surface area (TPSA) is 42.3 Å². The van der Waals surface area contributed by atoms with Gasteiger partial charge in [-0.15, -0.1) is 0 Å². The average molecular weight is 533 g/mol. The highest BCUT2D eigenvalue weighted by Crippen LogP contribution is 2.42. The van der Waals surface area contributed by atoms with E-state index in [1.54, 1.807) is 0 Å². The maximum Gasteiger partial charge on any atom is 0.174 e. The fourth-order valence-corrected chi connectivity index (χ4v) is 5.04. The summed E-state index contributed by atoms with van der Waals surface area (Å²) < 4.78 is 8.92. The second-order valence-corrected chi connectivity index (χ2v) is 9.40. The molecule has 7 heteroatoms. The van der Waals surface area contributed by atoms with E-state index in [2.05, 4.69) is 91.3 Å². The van der Waals surface area contributed by atoms with Crippen molar-refractivity contribution in [2.75, 3.05) is 11.5 Å². The van der Waals surface area contributed by atoms with E-state index in [0.29, 0.717) is 11.7 Å². The van der Waals surface area contributed by atoms with Crippen molar-refractivity contribution in [3.8, 4) is 11.4 Å². The van der Waals surface area contributed by atoms with Crippen molar-refractivity contribution < 1.29 is 4.74 Å². The molecule has 172 valence electrons. The van der Waals surface area contributed by atoms with Crippen LogP contribution in [0.3, 0.4) is 0 Å². The quantitative estimate of drug-likeness (QED) is 0.286. The lowest BCUT2D eigenvalue weighted by molar-refractivity contribution is 0.340. The minimum atomic E-state index is -0.103. The van der Waals surface area contributed by atoms with Crippen molar-refractivity contribution in [1.29, 1.82) is 0 Å². The van der Waals surface area contributed by atoms with Crippen LogP contribution in [0, 0.1) is 6.92 Å². The van der Waals surface area contributed by atoms with Gasteiger partial charge in [0, 0.05) is 33.9 Å². The molecule has 0 aliphatic carbocycles. The van der Waals surface area contributed by atoms with E-state index in [1.165, 1.54) is 0 Å². The van der Waals surface area contributed by atoms with Crippen LogP contribution in [0.4, 0.5) is 5.69 Å². The number of ether oxygens (including phenoxy) is 1. The molecule has 1 fully saturated rings. The first kappa shape index (κ1) is 22.6. The molecule has 0 amide bonds. The Balaban J connectivity index is 1.62. The van der Waals surface area contributed by atoms with Gasteiger partial charge in [-0.05, 0) is 98.4 Å². The molecular formula is C27H25BrN4OS. The molecule has 0 radical (unpaired) electrons. The standard InChI is InChI=1S/C27H25BrN4OS/c1-3-33-21-12-9-19(10-13-21)31-16-6-8-24(31)26-25(23-7-4-5-15-29-23)30-27(34)32(26)20-11-14-22(28)18(2)17-20/h4-17,25-26H,3H2,1-2H3,(H,30,34)/t25-,26+/m1/s1. The number of aromatic nitrogens is 2. The van der Waals surface area contributed by atoms with E-state index < -0.39 is 0 Å². The molecule has 3 heterocycles. The van der Waals surface area contributed by atoms with Crippen molar-refractivity contribution in [3.05, 3.63) is 107 Å². The molecule has 1 aliphatic rings. The van der Waals surface area contributed by atoms with Crippen molar-refractivity contribution in [1.82, 2.24) is 14.9 Å². The number of hydrogen-bond donors (Lipinski definition) is 1. The molecule has 0 bridgehead atoms. The smallest absolute Gasteiger partial charge is 0.174 e. The molecule has 5 rings (SSSR count). The number of anilines is 1. The van der Waals surface area contributed by atoms with Crippen LogP contribution in [0.5, 0.6) is 5.75 Å². The molecule has 1 aliphatic heterocycles. The van der Waals surface area contributed by atoms with Gasteiger partial charge >= 0.3 is 0 Å². The lowest BCUT2D eigenvalue weighted by atomic mass is 10.0. The second kappa shape index (κ2) is 9.60. The van der Waals surface area contributed by atoms with Crippen LogP contribution in [0.2, 0.25) is 0 Å². The summed E-state index contributed by atoms with van der Waals surface area (Å²) in [4.78, 5) is 6.87. The van der Waals surface area contributed by atoms with Gasteiger partial charge in [0.1, 0.15) is 11.8 Å². The number of halogens is 1. The zero-order valence-electron chi connectivity index (χ0n) is 19.0. The van der Waals surface area contributed by atoms with E-state index >= 15 is 0 Å². The predicted molar refractivity (Wildman–Crippen MR) is 144 cm³/mol. The summed E-state index contributed by atoms with van der Waals surface area (Å²) >= 11 is 9.51. The normalized spacial score (nSPS) is 17.6. The van der Waals surface area contributed by atoms with Gasteiger partial charge < -0.3 is 19.5 Å². The fraction of sp³-hybridized carbons (Fsp3) is 0.185. The minimum Gasteiger partial charge on any atom is -0.494 e. The molecule has 2 aromatic carbocycles. The van der Waals surface area contributed by atoms with Crippen molar-refractivity contribution >= 4 is 38.9 Å². The molecular weight excluding hydrogens is 508 g/mol. The molecule has 0 unspecified atom stereocenters. The Hall–Kier alpha value is -3.16. The number of pyridine rings is 1. The van der Waals surface area contributed by atoms with E-state index in [0.717, 1.165) is 38.5 Å². The third kappa shape index (κ3) is 4.21. The van der Waals surface area contributed by atoms with Crippen molar-refractivity contribution in [2.45, 2.75) is 25.9 Å². The Labute approximate surface area is 213 Å².